The molecule has 4 rings (SSSR count). The average molecular weight is 585 g/mol. The molecule has 0 heterocycles. The molecule has 166 valence electrons. The normalized spacial score (nSPS) is 9.82. The Labute approximate surface area is 212 Å². The summed E-state index contributed by atoms with van der Waals surface area (Å²) in [5.74, 6) is 2.11. The quantitative estimate of drug-likeness (QED) is 0.212. The predicted octanol–water partition coefficient (Wildman–Crippen LogP) is 5.08. The van der Waals surface area contributed by atoms with Crippen LogP contribution in [0.5, 0.6) is 23.0 Å². The molecule has 0 unspecified atom stereocenters. The number of rotatable bonds is 8. The van der Waals surface area contributed by atoms with E-state index in [1.54, 1.807) is 97.1 Å². The van der Waals surface area contributed by atoms with Crippen molar-refractivity contribution in [3.63, 3.8) is 0 Å². The van der Waals surface area contributed by atoms with Crippen molar-refractivity contribution in [2.75, 3.05) is 0 Å². The van der Waals surface area contributed by atoms with Crippen molar-refractivity contribution in [3.05, 3.63) is 121 Å². The molecule has 0 N–H and O–H groups in total. The van der Waals surface area contributed by atoms with E-state index >= 15 is 0 Å². The van der Waals surface area contributed by atoms with Gasteiger partial charge in [0, 0.05) is 0 Å². The fourth-order valence-corrected chi connectivity index (χ4v) is 3.56. The van der Waals surface area contributed by atoms with Gasteiger partial charge in [-0.25, -0.2) is 0 Å². The first-order chi connectivity index (χ1) is 15.7. The van der Waals surface area contributed by atoms with Crippen LogP contribution in [0.15, 0.2) is 121 Å². The summed E-state index contributed by atoms with van der Waals surface area (Å²) in [6, 6.07) is 35.7. The Kier molecular flexibility index (Phi) is 12.6. The summed E-state index contributed by atoms with van der Waals surface area (Å²) in [6.07, 6.45) is 0. The van der Waals surface area contributed by atoms with Gasteiger partial charge in [0.15, 0.2) is 0 Å². The molecule has 33 heavy (non-hydrogen) atoms. The average Bonchev–Trinajstić information content (AvgIpc) is 2.82. The SMILES string of the molecule is [O-]P(Oc1ccccc1)Oc1ccccc1.[O-]P(Oc1ccccc1)Oc1ccccc1.[Sn+2]. The summed E-state index contributed by atoms with van der Waals surface area (Å²) in [4.78, 5) is 23.0. The zero-order chi connectivity index (χ0) is 22.4. The van der Waals surface area contributed by atoms with Gasteiger partial charge in [0.25, 0.3) is 0 Å². The Morgan fingerprint density at radius 3 is 0.727 bits per heavy atom. The number of para-hydroxylation sites is 4. The van der Waals surface area contributed by atoms with E-state index in [9.17, 15) is 9.79 Å². The molecule has 2 radical (unpaired) electrons. The van der Waals surface area contributed by atoms with Gasteiger partial charge in [0.1, 0.15) is 23.0 Å². The molecule has 6 nitrogen and oxygen atoms in total. The second-order valence-electron chi connectivity index (χ2n) is 6.06. The fourth-order valence-electron chi connectivity index (χ4n) is 2.31. The monoisotopic (exact) mass is 586 g/mol. The first-order valence-corrected chi connectivity index (χ1v) is 11.7. The van der Waals surface area contributed by atoms with Gasteiger partial charge in [-0.1, -0.05) is 72.8 Å². The number of hydrogen-bond acceptors (Lipinski definition) is 6. The van der Waals surface area contributed by atoms with Gasteiger partial charge in [0.05, 0.1) is 0 Å². The summed E-state index contributed by atoms with van der Waals surface area (Å²) < 4.78 is 20.4. The van der Waals surface area contributed by atoms with Crippen molar-refractivity contribution < 1.29 is 27.9 Å². The summed E-state index contributed by atoms with van der Waals surface area (Å²) in [7, 11) is -4.37. The van der Waals surface area contributed by atoms with Gasteiger partial charge in [-0.3, -0.25) is 0 Å². The zero-order valence-corrected chi connectivity index (χ0v) is 22.0. The summed E-state index contributed by atoms with van der Waals surface area (Å²) >= 11 is 0. The van der Waals surface area contributed by atoms with Gasteiger partial charge in [-0.05, 0) is 48.5 Å². The van der Waals surface area contributed by atoms with Crippen molar-refractivity contribution in [2.45, 2.75) is 0 Å². The minimum absolute atomic E-state index is 0. The Bertz CT molecular complexity index is 846. The summed E-state index contributed by atoms with van der Waals surface area (Å²) in [5.41, 5.74) is 0. The fraction of sp³-hybridized carbons (Fsp3) is 0. The molecule has 0 bridgehead atoms. The van der Waals surface area contributed by atoms with Crippen molar-refractivity contribution in [1.29, 1.82) is 0 Å². The first-order valence-electron chi connectivity index (χ1n) is 9.55. The minimum atomic E-state index is -2.18. The minimum Gasteiger partial charge on any atom is -0.765 e. The molecule has 0 aliphatic rings. The van der Waals surface area contributed by atoms with E-state index in [0.29, 0.717) is 23.0 Å². The van der Waals surface area contributed by atoms with Crippen molar-refractivity contribution >= 4 is 41.1 Å². The Morgan fingerprint density at radius 2 is 0.545 bits per heavy atom. The second kappa shape index (κ2) is 15.5. The van der Waals surface area contributed by atoms with E-state index < -0.39 is 17.2 Å². The summed E-state index contributed by atoms with van der Waals surface area (Å²) in [5, 5.41) is 0. The topological polar surface area (TPSA) is 83.0 Å². The smallest absolute Gasteiger partial charge is 0.765 e. The third-order valence-corrected chi connectivity index (χ3v) is 5.13. The van der Waals surface area contributed by atoms with Crippen LogP contribution < -0.4 is 27.9 Å². The van der Waals surface area contributed by atoms with Gasteiger partial charge in [0.2, 0.25) is 17.2 Å². The van der Waals surface area contributed by atoms with Crippen LogP contribution in [0.25, 0.3) is 0 Å². The maximum atomic E-state index is 11.5. The third-order valence-electron chi connectivity index (χ3n) is 3.69. The maximum Gasteiger partial charge on any atom is 2.00 e. The van der Waals surface area contributed by atoms with Crippen LogP contribution in [0.3, 0.4) is 0 Å². The predicted molar refractivity (Wildman–Crippen MR) is 128 cm³/mol. The van der Waals surface area contributed by atoms with Crippen LogP contribution >= 0.6 is 17.2 Å². The van der Waals surface area contributed by atoms with Gasteiger partial charge in [-0.2, -0.15) is 0 Å². The molecule has 0 saturated carbocycles. The van der Waals surface area contributed by atoms with E-state index in [4.69, 9.17) is 18.1 Å². The molecule has 0 atom stereocenters. The van der Waals surface area contributed by atoms with Crippen LogP contribution in [0.2, 0.25) is 0 Å². The zero-order valence-electron chi connectivity index (χ0n) is 17.4. The molecule has 0 saturated heterocycles. The Balaban J connectivity index is 0.000000227. The molecular formula is C24H20O6P2Sn. The van der Waals surface area contributed by atoms with E-state index in [1.807, 2.05) is 24.3 Å². The van der Waals surface area contributed by atoms with Crippen molar-refractivity contribution in [3.8, 4) is 23.0 Å². The molecule has 0 spiro atoms. The molecule has 4 aromatic carbocycles. The summed E-state index contributed by atoms with van der Waals surface area (Å²) in [6.45, 7) is 0. The molecule has 0 aliphatic heterocycles. The van der Waals surface area contributed by atoms with Crippen LogP contribution in [0.1, 0.15) is 0 Å². The number of benzene rings is 4. The standard InChI is InChI=1S/2C12H10O3P.Sn/c2*13-16(14-11-7-3-1-4-8-11)15-12-9-5-2-6-10-12;/h2*1-10H;/q2*-1;+2. The molecule has 0 amide bonds. The molecule has 4 aromatic rings. The Morgan fingerprint density at radius 1 is 0.364 bits per heavy atom. The van der Waals surface area contributed by atoms with Crippen molar-refractivity contribution in [2.24, 2.45) is 0 Å². The largest absolute Gasteiger partial charge is 2.00 e. The Hall–Kier alpha value is -2.34. The van der Waals surface area contributed by atoms with Crippen molar-refractivity contribution in [1.82, 2.24) is 0 Å². The molecule has 0 aromatic heterocycles. The van der Waals surface area contributed by atoms with E-state index in [-0.39, 0.29) is 23.9 Å². The van der Waals surface area contributed by atoms with Crippen LogP contribution in [0.4, 0.5) is 0 Å². The molecule has 0 fully saturated rings. The van der Waals surface area contributed by atoms with E-state index in [2.05, 4.69) is 0 Å². The van der Waals surface area contributed by atoms with Crippen LogP contribution in [-0.2, 0) is 0 Å². The third kappa shape index (κ3) is 10.9. The first kappa shape index (κ1) is 26.9. The van der Waals surface area contributed by atoms with Gasteiger partial charge in [-0.15, -0.1) is 0 Å². The molecule has 9 heteroatoms. The van der Waals surface area contributed by atoms with E-state index in [1.165, 1.54) is 0 Å². The van der Waals surface area contributed by atoms with Gasteiger partial charge >= 0.3 is 23.9 Å². The van der Waals surface area contributed by atoms with Crippen LogP contribution in [0, 0.1) is 0 Å². The van der Waals surface area contributed by atoms with Crippen LogP contribution in [-0.4, -0.2) is 23.9 Å². The second-order valence-corrected chi connectivity index (χ2v) is 7.69. The maximum absolute atomic E-state index is 11.5. The number of hydrogen-bond donors (Lipinski definition) is 0. The molecule has 0 aliphatic carbocycles. The molecular weight excluding hydrogens is 565 g/mol. The van der Waals surface area contributed by atoms with E-state index in [0.717, 1.165) is 0 Å². The van der Waals surface area contributed by atoms with Gasteiger partial charge < -0.3 is 27.9 Å².